The molecule has 0 aliphatic rings. The summed E-state index contributed by atoms with van der Waals surface area (Å²) in [4.78, 5) is 7.36. The van der Waals surface area contributed by atoms with E-state index in [9.17, 15) is 8.78 Å². The Labute approximate surface area is 129 Å². The van der Waals surface area contributed by atoms with Crippen molar-refractivity contribution >= 4 is 22.4 Å². The van der Waals surface area contributed by atoms with Crippen LogP contribution >= 0.6 is 11.3 Å². The average Bonchev–Trinajstić information content (AvgIpc) is 3.16. The van der Waals surface area contributed by atoms with Crippen molar-refractivity contribution in [2.45, 2.75) is 0 Å². The summed E-state index contributed by atoms with van der Waals surface area (Å²) in [6, 6.07) is 7.53. The second-order valence-corrected chi connectivity index (χ2v) is 5.70. The summed E-state index contributed by atoms with van der Waals surface area (Å²) < 4.78 is 27.3. The van der Waals surface area contributed by atoms with Gasteiger partial charge in [0.25, 0.3) is 0 Å². The first-order chi connectivity index (χ1) is 10.7. The molecule has 0 atom stereocenters. The minimum absolute atomic E-state index is 0.358. The lowest BCUT2D eigenvalue weighted by molar-refractivity contribution is 0.585. The molecule has 3 aromatic heterocycles. The van der Waals surface area contributed by atoms with Gasteiger partial charge in [-0.2, -0.15) is 11.3 Å². The number of hydrogen-bond donors (Lipinski definition) is 1. The van der Waals surface area contributed by atoms with Gasteiger partial charge >= 0.3 is 0 Å². The van der Waals surface area contributed by atoms with Crippen LogP contribution in [0.15, 0.2) is 53.5 Å². The van der Waals surface area contributed by atoms with Gasteiger partial charge in [-0.25, -0.2) is 13.8 Å². The fraction of sp³-hybridized carbons (Fsp3) is 0. The predicted molar refractivity (Wildman–Crippen MR) is 84.8 cm³/mol. The van der Waals surface area contributed by atoms with Crippen molar-refractivity contribution < 1.29 is 8.78 Å². The van der Waals surface area contributed by atoms with E-state index in [0.29, 0.717) is 16.8 Å². The van der Waals surface area contributed by atoms with Crippen LogP contribution in [0, 0.1) is 11.6 Å². The van der Waals surface area contributed by atoms with Crippen LogP contribution in [0.5, 0.6) is 0 Å². The topological polar surface area (TPSA) is 28.7 Å². The van der Waals surface area contributed by atoms with Crippen LogP contribution in [0.1, 0.15) is 0 Å². The monoisotopic (exact) mass is 312 g/mol. The Morgan fingerprint density at radius 3 is 2.68 bits per heavy atom. The summed E-state index contributed by atoms with van der Waals surface area (Å²) in [7, 11) is 0. The van der Waals surface area contributed by atoms with Gasteiger partial charge in [0, 0.05) is 35.0 Å². The molecule has 0 unspecified atom stereocenters. The normalized spacial score (nSPS) is 11.2. The Morgan fingerprint density at radius 1 is 1.00 bits per heavy atom. The van der Waals surface area contributed by atoms with Gasteiger partial charge in [0.2, 0.25) is 0 Å². The van der Waals surface area contributed by atoms with Gasteiger partial charge in [-0.05, 0) is 46.2 Å². The number of hydrogen-bond acceptors (Lipinski definition) is 2. The van der Waals surface area contributed by atoms with Crippen molar-refractivity contribution in [1.82, 2.24) is 9.97 Å². The zero-order valence-corrected chi connectivity index (χ0v) is 12.1. The van der Waals surface area contributed by atoms with E-state index in [0.717, 1.165) is 22.6 Å². The first kappa shape index (κ1) is 13.2. The molecule has 0 bridgehead atoms. The van der Waals surface area contributed by atoms with Crippen molar-refractivity contribution in [2.24, 2.45) is 0 Å². The first-order valence-electron chi connectivity index (χ1n) is 6.68. The second-order valence-electron chi connectivity index (χ2n) is 4.92. The molecule has 3 heterocycles. The van der Waals surface area contributed by atoms with Gasteiger partial charge in [-0.1, -0.05) is 0 Å². The maximum atomic E-state index is 14.1. The number of benzene rings is 1. The van der Waals surface area contributed by atoms with Gasteiger partial charge in [-0.3, -0.25) is 0 Å². The van der Waals surface area contributed by atoms with E-state index in [1.807, 2.05) is 22.9 Å². The Balaban J connectivity index is 2.03. The molecule has 0 spiro atoms. The molecule has 5 heteroatoms. The zero-order chi connectivity index (χ0) is 15.1. The number of aromatic nitrogens is 2. The number of pyridine rings is 1. The minimum Gasteiger partial charge on any atom is -0.345 e. The number of nitrogens with one attached hydrogen (secondary N) is 1. The van der Waals surface area contributed by atoms with E-state index in [4.69, 9.17) is 0 Å². The second kappa shape index (κ2) is 5.03. The maximum Gasteiger partial charge on any atom is 0.138 e. The molecule has 0 saturated heterocycles. The Kier molecular flexibility index (Phi) is 3.01. The number of halogens is 2. The van der Waals surface area contributed by atoms with E-state index in [-0.39, 0.29) is 0 Å². The number of aromatic amines is 1. The lowest BCUT2D eigenvalue weighted by atomic mass is 9.99. The van der Waals surface area contributed by atoms with Gasteiger partial charge in [-0.15, -0.1) is 0 Å². The summed E-state index contributed by atoms with van der Waals surface area (Å²) >= 11 is 1.60. The number of H-pyrrole nitrogens is 1. The smallest absolute Gasteiger partial charge is 0.138 e. The molecule has 0 radical (unpaired) electrons. The Hall–Kier alpha value is -2.53. The van der Waals surface area contributed by atoms with Gasteiger partial charge < -0.3 is 4.98 Å². The Bertz CT molecular complexity index is 958. The standard InChI is InChI=1S/C17H10F2N2S/c18-11-1-2-13(15(19)7-11)14-8-21-17-16(14)12(3-5-20-17)10-4-6-22-9-10/h1-9H,(H,20,21). The van der Waals surface area contributed by atoms with Crippen LogP contribution in [0.3, 0.4) is 0 Å². The van der Waals surface area contributed by atoms with Gasteiger partial charge in [0.05, 0.1) is 0 Å². The highest BCUT2D eigenvalue weighted by Crippen LogP contribution is 2.37. The van der Waals surface area contributed by atoms with E-state index < -0.39 is 11.6 Å². The van der Waals surface area contributed by atoms with E-state index in [1.54, 1.807) is 23.7 Å². The molecule has 4 aromatic rings. The van der Waals surface area contributed by atoms with Crippen molar-refractivity contribution in [2.75, 3.05) is 0 Å². The molecular weight excluding hydrogens is 302 g/mol. The van der Waals surface area contributed by atoms with Crippen molar-refractivity contribution in [3.05, 3.63) is 65.1 Å². The predicted octanol–water partition coefficient (Wildman–Crippen LogP) is 5.24. The molecule has 0 aliphatic heterocycles. The zero-order valence-electron chi connectivity index (χ0n) is 11.3. The van der Waals surface area contributed by atoms with E-state index in [2.05, 4.69) is 9.97 Å². The molecule has 1 aromatic carbocycles. The summed E-state index contributed by atoms with van der Waals surface area (Å²) in [6.45, 7) is 0. The van der Waals surface area contributed by atoms with Crippen LogP contribution in [0.2, 0.25) is 0 Å². The summed E-state index contributed by atoms with van der Waals surface area (Å²) in [5.74, 6) is -1.17. The summed E-state index contributed by atoms with van der Waals surface area (Å²) in [5.41, 5.74) is 3.76. The molecule has 108 valence electrons. The van der Waals surface area contributed by atoms with Crippen LogP contribution in [0.4, 0.5) is 8.78 Å². The van der Waals surface area contributed by atoms with Crippen molar-refractivity contribution in [3.8, 4) is 22.3 Å². The van der Waals surface area contributed by atoms with Crippen LogP contribution < -0.4 is 0 Å². The number of fused-ring (bicyclic) bond motifs is 1. The van der Waals surface area contributed by atoms with Gasteiger partial charge in [0.1, 0.15) is 17.3 Å². The number of thiophene rings is 1. The highest BCUT2D eigenvalue weighted by atomic mass is 32.1. The Morgan fingerprint density at radius 2 is 1.91 bits per heavy atom. The van der Waals surface area contributed by atoms with Crippen LogP contribution in [-0.4, -0.2) is 9.97 Å². The molecule has 1 N–H and O–H groups in total. The molecule has 0 aliphatic carbocycles. The van der Waals surface area contributed by atoms with E-state index >= 15 is 0 Å². The molecule has 0 saturated carbocycles. The van der Waals surface area contributed by atoms with Crippen LogP contribution in [-0.2, 0) is 0 Å². The summed E-state index contributed by atoms with van der Waals surface area (Å²) in [5, 5.41) is 4.87. The SMILES string of the molecule is Fc1ccc(-c2c[nH]c3nccc(-c4ccsc4)c23)c(F)c1. The van der Waals surface area contributed by atoms with Crippen molar-refractivity contribution in [1.29, 1.82) is 0 Å². The van der Waals surface area contributed by atoms with E-state index in [1.165, 1.54) is 12.1 Å². The van der Waals surface area contributed by atoms with Gasteiger partial charge in [0.15, 0.2) is 0 Å². The highest BCUT2D eigenvalue weighted by Gasteiger charge is 2.16. The third kappa shape index (κ3) is 2.02. The first-order valence-corrected chi connectivity index (χ1v) is 7.62. The lowest BCUT2D eigenvalue weighted by Gasteiger charge is -2.06. The summed E-state index contributed by atoms with van der Waals surface area (Å²) in [6.07, 6.45) is 3.43. The maximum absolute atomic E-state index is 14.1. The fourth-order valence-electron chi connectivity index (χ4n) is 2.64. The minimum atomic E-state index is -0.586. The fourth-order valence-corrected chi connectivity index (χ4v) is 3.29. The number of rotatable bonds is 2. The highest BCUT2D eigenvalue weighted by molar-refractivity contribution is 7.08. The largest absolute Gasteiger partial charge is 0.345 e. The molecule has 0 fully saturated rings. The average molecular weight is 312 g/mol. The molecule has 4 rings (SSSR count). The molecule has 0 amide bonds. The van der Waals surface area contributed by atoms with Crippen LogP contribution in [0.25, 0.3) is 33.3 Å². The third-order valence-electron chi connectivity index (χ3n) is 3.63. The molecule has 22 heavy (non-hydrogen) atoms. The van der Waals surface area contributed by atoms with Crippen molar-refractivity contribution in [3.63, 3.8) is 0 Å². The molecular formula is C17H10F2N2S. The number of nitrogens with zero attached hydrogens (tertiary/aromatic N) is 1. The quantitative estimate of drug-likeness (QED) is 0.539. The molecule has 2 nitrogen and oxygen atoms in total. The lowest BCUT2D eigenvalue weighted by Crippen LogP contribution is -1.87. The third-order valence-corrected chi connectivity index (χ3v) is 4.31.